The van der Waals surface area contributed by atoms with E-state index in [4.69, 9.17) is 16.9 Å². The molecule has 0 bridgehead atoms. The quantitative estimate of drug-likeness (QED) is 0.860. The fraction of sp³-hybridized carbons (Fsp3) is 0.462. The van der Waals surface area contributed by atoms with Crippen molar-refractivity contribution in [2.75, 3.05) is 11.9 Å². The number of rotatable bonds is 4. The first-order chi connectivity index (χ1) is 7.69. The van der Waals surface area contributed by atoms with Crippen LogP contribution in [0.15, 0.2) is 18.2 Å². The lowest BCUT2D eigenvalue weighted by Gasteiger charge is -2.15. The number of hydrogen-bond acceptors (Lipinski definition) is 2. The van der Waals surface area contributed by atoms with E-state index in [9.17, 15) is 0 Å². The summed E-state index contributed by atoms with van der Waals surface area (Å²) in [6, 6.07) is 7.57. The molecular weight excluding hydrogens is 220 g/mol. The molecule has 2 nitrogen and oxygen atoms in total. The highest BCUT2D eigenvalue weighted by molar-refractivity contribution is 6.30. The Bertz CT molecular complexity index is 430. The minimum Gasteiger partial charge on any atom is -0.383 e. The zero-order chi connectivity index (χ0) is 11.6. The predicted octanol–water partition coefficient (Wildman–Crippen LogP) is 3.81. The summed E-state index contributed by atoms with van der Waals surface area (Å²) in [5, 5.41) is 13.0. The maximum absolute atomic E-state index is 9.00. The van der Waals surface area contributed by atoms with Gasteiger partial charge in [-0.15, -0.1) is 0 Å². The van der Waals surface area contributed by atoms with Gasteiger partial charge in [0.1, 0.15) is 6.07 Å². The van der Waals surface area contributed by atoms with Crippen LogP contribution in [0.3, 0.4) is 0 Å². The third kappa shape index (κ3) is 2.31. The molecule has 1 aliphatic carbocycles. The fourth-order valence-corrected chi connectivity index (χ4v) is 2.05. The number of benzene rings is 1. The molecule has 0 saturated heterocycles. The van der Waals surface area contributed by atoms with Crippen LogP contribution in [-0.4, -0.2) is 6.54 Å². The molecule has 1 aliphatic rings. The first-order valence-electron chi connectivity index (χ1n) is 5.63. The molecule has 84 valence electrons. The number of anilines is 1. The van der Waals surface area contributed by atoms with Gasteiger partial charge in [0, 0.05) is 11.6 Å². The summed E-state index contributed by atoms with van der Waals surface area (Å²) in [6.45, 7) is 3.18. The van der Waals surface area contributed by atoms with Crippen molar-refractivity contribution in [3.05, 3.63) is 28.8 Å². The summed E-state index contributed by atoms with van der Waals surface area (Å²) < 4.78 is 0. The van der Waals surface area contributed by atoms with Crippen molar-refractivity contribution in [3.8, 4) is 6.07 Å². The number of nitrogens with one attached hydrogen (secondary N) is 1. The molecule has 1 fully saturated rings. The molecule has 0 aliphatic heterocycles. The van der Waals surface area contributed by atoms with Gasteiger partial charge in [0.05, 0.1) is 11.3 Å². The summed E-state index contributed by atoms with van der Waals surface area (Å²) in [4.78, 5) is 0. The summed E-state index contributed by atoms with van der Waals surface area (Å²) in [5.41, 5.74) is 2.00. The molecule has 0 radical (unpaired) electrons. The minimum atomic E-state index is 0.479. The van der Waals surface area contributed by atoms with Gasteiger partial charge in [0.25, 0.3) is 0 Å². The Morgan fingerprint density at radius 2 is 2.25 bits per heavy atom. The second-order valence-corrected chi connectivity index (χ2v) is 4.95. The molecule has 3 heteroatoms. The van der Waals surface area contributed by atoms with Gasteiger partial charge in [-0.3, -0.25) is 0 Å². The maximum atomic E-state index is 9.00. The van der Waals surface area contributed by atoms with Crippen LogP contribution in [0.4, 0.5) is 5.69 Å². The molecule has 16 heavy (non-hydrogen) atoms. The van der Waals surface area contributed by atoms with Crippen LogP contribution in [0.2, 0.25) is 5.02 Å². The van der Waals surface area contributed by atoms with Crippen molar-refractivity contribution in [3.63, 3.8) is 0 Å². The topological polar surface area (TPSA) is 35.8 Å². The van der Waals surface area contributed by atoms with E-state index in [0.29, 0.717) is 16.0 Å². The third-order valence-corrected chi connectivity index (χ3v) is 3.70. The number of hydrogen-bond donors (Lipinski definition) is 1. The van der Waals surface area contributed by atoms with E-state index < -0.39 is 0 Å². The summed E-state index contributed by atoms with van der Waals surface area (Å²) in [6.07, 6.45) is 3.80. The highest BCUT2D eigenvalue weighted by Gasteiger charge is 2.40. The lowest BCUT2D eigenvalue weighted by molar-refractivity contribution is 0.521. The molecule has 1 aromatic rings. The Morgan fingerprint density at radius 3 is 2.81 bits per heavy atom. The first kappa shape index (κ1) is 11.3. The smallest absolute Gasteiger partial charge is 0.101 e. The Hall–Kier alpha value is -1.20. The molecule has 0 heterocycles. The zero-order valence-electron chi connectivity index (χ0n) is 9.39. The Balaban J connectivity index is 2.07. The fourth-order valence-electron chi connectivity index (χ4n) is 1.88. The van der Waals surface area contributed by atoms with Gasteiger partial charge in [-0.25, -0.2) is 0 Å². The molecule has 2 rings (SSSR count). The van der Waals surface area contributed by atoms with Crippen LogP contribution in [-0.2, 0) is 0 Å². The largest absolute Gasteiger partial charge is 0.383 e. The minimum absolute atomic E-state index is 0.479. The molecule has 1 N–H and O–H groups in total. The van der Waals surface area contributed by atoms with E-state index in [1.165, 1.54) is 19.3 Å². The number of nitrogens with zero attached hydrogens (tertiary/aromatic N) is 1. The predicted molar refractivity (Wildman–Crippen MR) is 66.6 cm³/mol. The summed E-state index contributed by atoms with van der Waals surface area (Å²) in [5.74, 6) is 0. The molecule has 1 saturated carbocycles. The van der Waals surface area contributed by atoms with Gasteiger partial charge in [-0.05, 0) is 42.9 Å². The Morgan fingerprint density at radius 1 is 1.50 bits per heavy atom. The molecule has 0 spiro atoms. The Labute approximate surface area is 101 Å². The lowest BCUT2D eigenvalue weighted by Crippen LogP contribution is -2.14. The highest BCUT2D eigenvalue weighted by atomic mass is 35.5. The summed E-state index contributed by atoms with van der Waals surface area (Å²) >= 11 is 5.85. The van der Waals surface area contributed by atoms with Crippen molar-refractivity contribution >= 4 is 17.3 Å². The molecule has 0 unspecified atom stereocenters. The Kier molecular flexibility index (Phi) is 3.07. The van der Waals surface area contributed by atoms with E-state index in [-0.39, 0.29) is 0 Å². The van der Waals surface area contributed by atoms with Crippen molar-refractivity contribution in [1.82, 2.24) is 0 Å². The van der Waals surface area contributed by atoms with Crippen molar-refractivity contribution in [2.45, 2.75) is 26.2 Å². The monoisotopic (exact) mass is 234 g/mol. The van der Waals surface area contributed by atoms with Crippen LogP contribution in [0.1, 0.15) is 31.7 Å². The van der Waals surface area contributed by atoms with Crippen molar-refractivity contribution in [1.29, 1.82) is 5.26 Å². The van der Waals surface area contributed by atoms with Crippen LogP contribution >= 0.6 is 11.6 Å². The van der Waals surface area contributed by atoms with Gasteiger partial charge in [-0.1, -0.05) is 18.5 Å². The van der Waals surface area contributed by atoms with Crippen LogP contribution < -0.4 is 5.32 Å². The maximum Gasteiger partial charge on any atom is 0.101 e. The van der Waals surface area contributed by atoms with Gasteiger partial charge >= 0.3 is 0 Å². The molecule has 0 amide bonds. The second-order valence-electron chi connectivity index (χ2n) is 4.51. The lowest BCUT2D eigenvalue weighted by atomic mass is 10.0. The standard InChI is InChI=1S/C13H15ClN2/c1-2-13(5-6-13)9-16-12-4-3-11(14)7-10(12)8-15/h3-4,7,16H,2,5-6,9H2,1H3. The average Bonchev–Trinajstić information content (AvgIpc) is 3.08. The highest BCUT2D eigenvalue weighted by Crippen LogP contribution is 2.48. The first-order valence-corrected chi connectivity index (χ1v) is 6.00. The third-order valence-electron chi connectivity index (χ3n) is 3.46. The van der Waals surface area contributed by atoms with E-state index in [1.807, 2.05) is 12.1 Å². The van der Waals surface area contributed by atoms with Crippen LogP contribution in [0.5, 0.6) is 0 Å². The van der Waals surface area contributed by atoms with Crippen LogP contribution in [0.25, 0.3) is 0 Å². The van der Waals surface area contributed by atoms with E-state index in [1.54, 1.807) is 6.07 Å². The SMILES string of the molecule is CCC1(CNc2ccc(Cl)cc2C#N)CC1. The van der Waals surface area contributed by atoms with E-state index in [0.717, 1.165) is 12.2 Å². The molecule has 0 atom stereocenters. The van der Waals surface area contributed by atoms with Gasteiger partial charge in [-0.2, -0.15) is 5.26 Å². The van der Waals surface area contributed by atoms with Crippen molar-refractivity contribution < 1.29 is 0 Å². The molecular formula is C13H15ClN2. The van der Waals surface area contributed by atoms with Crippen LogP contribution in [0, 0.1) is 16.7 Å². The van der Waals surface area contributed by atoms with E-state index >= 15 is 0 Å². The molecule has 0 aromatic heterocycles. The average molecular weight is 235 g/mol. The zero-order valence-corrected chi connectivity index (χ0v) is 10.1. The number of nitriles is 1. The van der Waals surface area contributed by atoms with Gasteiger partial charge < -0.3 is 5.32 Å². The van der Waals surface area contributed by atoms with E-state index in [2.05, 4.69) is 18.3 Å². The van der Waals surface area contributed by atoms with Gasteiger partial charge in [0.15, 0.2) is 0 Å². The van der Waals surface area contributed by atoms with Crippen molar-refractivity contribution in [2.24, 2.45) is 5.41 Å². The van der Waals surface area contributed by atoms with Gasteiger partial charge in [0.2, 0.25) is 0 Å². The molecule has 1 aromatic carbocycles. The number of halogens is 1. The second kappa shape index (κ2) is 4.35. The normalized spacial score (nSPS) is 16.6. The summed E-state index contributed by atoms with van der Waals surface area (Å²) in [7, 11) is 0.